The van der Waals surface area contributed by atoms with Crippen molar-refractivity contribution in [2.24, 2.45) is 10.9 Å². The molecule has 0 aromatic heterocycles. The summed E-state index contributed by atoms with van der Waals surface area (Å²) in [5.74, 6) is 0.532. The van der Waals surface area contributed by atoms with Gasteiger partial charge < -0.3 is 4.90 Å². The molecule has 3 aliphatic heterocycles. The zero-order chi connectivity index (χ0) is 16.3. The molecule has 122 valence electrons. The zero-order valence-corrected chi connectivity index (χ0v) is 14.5. The largest absolute Gasteiger partial charge is 0.368 e. The van der Waals surface area contributed by atoms with Crippen molar-refractivity contribution in [1.82, 2.24) is 0 Å². The predicted octanol–water partition coefficient (Wildman–Crippen LogP) is 4.89. The number of fused-ring (bicyclic) bond motifs is 4. The average molecular weight is 316 g/mol. The highest BCUT2D eigenvalue weighted by Gasteiger charge is 2.46. The summed E-state index contributed by atoms with van der Waals surface area (Å²) in [4.78, 5) is 7.81. The molecule has 0 saturated carbocycles. The predicted molar refractivity (Wildman–Crippen MR) is 101 cm³/mol. The second kappa shape index (κ2) is 4.95. The Morgan fingerprint density at radius 3 is 2.71 bits per heavy atom. The van der Waals surface area contributed by atoms with Crippen LogP contribution in [-0.2, 0) is 11.8 Å². The highest BCUT2D eigenvalue weighted by Crippen LogP contribution is 2.47. The number of benzene rings is 2. The number of anilines is 1. The van der Waals surface area contributed by atoms with Crippen molar-refractivity contribution in [2.45, 2.75) is 44.6 Å². The van der Waals surface area contributed by atoms with Crippen molar-refractivity contribution >= 4 is 17.1 Å². The molecule has 2 heteroatoms. The van der Waals surface area contributed by atoms with E-state index in [4.69, 9.17) is 4.99 Å². The Morgan fingerprint density at radius 1 is 1.04 bits per heavy atom. The number of hydrogen-bond donors (Lipinski definition) is 0. The van der Waals surface area contributed by atoms with Crippen LogP contribution in [0.3, 0.4) is 0 Å². The smallest absolute Gasteiger partial charge is 0.0670 e. The van der Waals surface area contributed by atoms with Crippen molar-refractivity contribution in [3.63, 3.8) is 0 Å². The van der Waals surface area contributed by atoms with E-state index in [2.05, 4.69) is 67.3 Å². The third-order valence-corrected chi connectivity index (χ3v) is 6.31. The number of aliphatic imine (C=N–C) groups is 1. The van der Waals surface area contributed by atoms with Crippen LogP contribution in [0.4, 0.5) is 11.4 Å². The van der Waals surface area contributed by atoms with E-state index < -0.39 is 0 Å². The van der Waals surface area contributed by atoms with Crippen LogP contribution >= 0.6 is 0 Å². The maximum Gasteiger partial charge on any atom is 0.0670 e. The van der Waals surface area contributed by atoms with Crippen LogP contribution in [0.1, 0.15) is 37.8 Å². The fourth-order valence-corrected chi connectivity index (χ4v) is 5.18. The Balaban J connectivity index is 1.61. The van der Waals surface area contributed by atoms with Crippen molar-refractivity contribution in [3.8, 4) is 0 Å². The van der Waals surface area contributed by atoms with Gasteiger partial charge in [-0.1, -0.05) is 50.2 Å². The molecule has 1 fully saturated rings. The maximum absolute atomic E-state index is 5.15. The lowest BCUT2D eigenvalue weighted by Gasteiger charge is -2.42. The van der Waals surface area contributed by atoms with E-state index in [-0.39, 0.29) is 5.41 Å². The first-order valence-electron chi connectivity index (χ1n) is 9.19. The van der Waals surface area contributed by atoms with Crippen molar-refractivity contribution in [3.05, 3.63) is 59.7 Å². The molecule has 1 saturated heterocycles. The molecular weight excluding hydrogens is 292 g/mol. The van der Waals surface area contributed by atoms with Crippen LogP contribution in [0.15, 0.2) is 53.5 Å². The lowest BCUT2D eigenvalue weighted by Crippen LogP contribution is -2.48. The quantitative estimate of drug-likeness (QED) is 0.731. The maximum atomic E-state index is 5.15. The van der Waals surface area contributed by atoms with Crippen LogP contribution in [0.2, 0.25) is 0 Å². The average Bonchev–Trinajstić information content (AvgIpc) is 3.18. The molecule has 0 bridgehead atoms. The van der Waals surface area contributed by atoms with E-state index in [0.717, 1.165) is 6.42 Å². The molecule has 2 aromatic carbocycles. The summed E-state index contributed by atoms with van der Waals surface area (Å²) >= 11 is 0. The number of para-hydroxylation sites is 2. The van der Waals surface area contributed by atoms with E-state index in [1.807, 2.05) is 0 Å². The van der Waals surface area contributed by atoms with Crippen molar-refractivity contribution < 1.29 is 0 Å². The highest BCUT2D eigenvalue weighted by atomic mass is 15.2. The fraction of sp³-hybridized carbons (Fsp3) is 0.409. The first-order valence-corrected chi connectivity index (χ1v) is 9.19. The van der Waals surface area contributed by atoms with Gasteiger partial charge in [0.15, 0.2) is 0 Å². The monoisotopic (exact) mass is 316 g/mol. The lowest BCUT2D eigenvalue weighted by atomic mass is 9.71. The Bertz CT molecular complexity index is 833. The summed E-state index contributed by atoms with van der Waals surface area (Å²) in [5, 5.41) is 0. The van der Waals surface area contributed by atoms with Gasteiger partial charge in [-0.2, -0.15) is 0 Å². The molecule has 2 atom stereocenters. The summed E-state index contributed by atoms with van der Waals surface area (Å²) in [6.07, 6.45) is 3.73. The molecule has 0 radical (unpaired) electrons. The van der Waals surface area contributed by atoms with Crippen molar-refractivity contribution in [2.75, 3.05) is 11.4 Å². The summed E-state index contributed by atoms with van der Waals surface area (Å²) in [5.41, 5.74) is 6.97. The Kier molecular flexibility index (Phi) is 2.94. The summed E-state index contributed by atoms with van der Waals surface area (Å²) < 4.78 is 0. The van der Waals surface area contributed by atoms with Gasteiger partial charge in [-0.3, -0.25) is 4.99 Å². The van der Waals surface area contributed by atoms with E-state index in [0.29, 0.717) is 12.0 Å². The third-order valence-electron chi connectivity index (χ3n) is 6.31. The van der Waals surface area contributed by atoms with E-state index in [1.165, 1.54) is 47.6 Å². The Hall–Kier alpha value is -2.09. The second-order valence-electron chi connectivity index (χ2n) is 7.98. The van der Waals surface area contributed by atoms with Gasteiger partial charge in [-0.05, 0) is 42.5 Å². The molecule has 2 aromatic rings. The molecule has 0 unspecified atom stereocenters. The van der Waals surface area contributed by atoms with Crippen LogP contribution in [0.25, 0.3) is 0 Å². The first kappa shape index (κ1) is 14.3. The molecule has 5 rings (SSSR count). The summed E-state index contributed by atoms with van der Waals surface area (Å²) in [6, 6.07) is 18.3. The fourth-order valence-electron chi connectivity index (χ4n) is 5.18. The summed E-state index contributed by atoms with van der Waals surface area (Å²) in [7, 11) is 0. The van der Waals surface area contributed by atoms with Crippen LogP contribution in [0.5, 0.6) is 0 Å². The molecule has 24 heavy (non-hydrogen) atoms. The third kappa shape index (κ3) is 1.86. The minimum Gasteiger partial charge on any atom is -0.368 e. The number of hydrogen-bond acceptors (Lipinski definition) is 2. The van der Waals surface area contributed by atoms with Gasteiger partial charge in [-0.25, -0.2) is 0 Å². The van der Waals surface area contributed by atoms with E-state index in [9.17, 15) is 0 Å². The summed E-state index contributed by atoms with van der Waals surface area (Å²) in [6.45, 7) is 5.91. The van der Waals surface area contributed by atoms with Crippen LogP contribution < -0.4 is 4.90 Å². The van der Waals surface area contributed by atoms with E-state index >= 15 is 0 Å². The lowest BCUT2D eigenvalue weighted by molar-refractivity contribution is 0.480. The first-order chi connectivity index (χ1) is 11.7. The molecule has 0 spiro atoms. The molecule has 3 aliphatic rings. The van der Waals surface area contributed by atoms with Gasteiger partial charge in [0.2, 0.25) is 0 Å². The van der Waals surface area contributed by atoms with Crippen molar-refractivity contribution in [1.29, 1.82) is 0 Å². The minimum absolute atomic E-state index is 0.0435. The Labute approximate surface area is 144 Å². The molecule has 3 heterocycles. The topological polar surface area (TPSA) is 15.6 Å². The number of nitrogens with zero attached hydrogens (tertiary/aromatic N) is 2. The second-order valence-corrected chi connectivity index (χ2v) is 7.98. The van der Waals surface area contributed by atoms with Gasteiger partial charge in [0.05, 0.1) is 5.69 Å². The highest BCUT2D eigenvalue weighted by molar-refractivity contribution is 6.03. The standard InChI is InChI=1S/C22H24N2/c1-22(2)17-9-4-5-10-18(17)23-21(22)16-14-15-8-3-6-11-19(15)24-13-7-12-20(16)24/h3-6,8-11,16,20H,7,12-14H2,1-2H3/t16-,20+/m1/s1. The minimum atomic E-state index is 0.0435. The van der Waals surface area contributed by atoms with Gasteiger partial charge >= 0.3 is 0 Å². The van der Waals surface area contributed by atoms with Gasteiger partial charge in [-0.15, -0.1) is 0 Å². The molecule has 0 aliphatic carbocycles. The van der Waals surface area contributed by atoms with E-state index in [1.54, 1.807) is 0 Å². The van der Waals surface area contributed by atoms with Gasteiger partial charge in [0, 0.05) is 35.3 Å². The van der Waals surface area contributed by atoms with Crippen LogP contribution in [0, 0.1) is 5.92 Å². The number of rotatable bonds is 1. The molecular formula is C22H24N2. The normalized spacial score (nSPS) is 26.6. The van der Waals surface area contributed by atoms with Crippen LogP contribution in [-0.4, -0.2) is 18.3 Å². The Morgan fingerprint density at radius 2 is 1.83 bits per heavy atom. The van der Waals surface area contributed by atoms with Gasteiger partial charge in [0.25, 0.3) is 0 Å². The molecule has 0 N–H and O–H groups in total. The molecule has 2 nitrogen and oxygen atoms in total. The molecule has 0 amide bonds. The SMILES string of the molecule is CC1(C)C([C@@H]2Cc3ccccc3N3CCC[C@@H]23)=Nc2ccccc21. The van der Waals surface area contributed by atoms with Gasteiger partial charge in [0.1, 0.15) is 0 Å². The zero-order valence-electron chi connectivity index (χ0n) is 14.5.